The summed E-state index contributed by atoms with van der Waals surface area (Å²) in [5.74, 6) is 0.496. The predicted molar refractivity (Wildman–Crippen MR) is 72.4 cm³/mol. The molecule has 2 amide bonds. The van der Waals surface area contributed by atoms with Gasteiger partial charge in [-0.2, -0.15) is 4.98 Å². The van der Waals surface area contributed by atoms with E-state index in [1.807, 2.05) is 0 Å². The molecule has 7 heteroatoms. The molecule has 21 heavy (non-hydrogen) atoms. The highest BCUT2D eigenvalue weighted by Crippen LogP contribution is 2.43. The van der Waals surface area contributed by atoms with Crippen LogP contribution >= 0.6 is 0 Å². The maximum absolute atomic E-state index is 12.3. The number of rotatable bonds is 3. The second kappa shape index (κ2) is 4.62. The lowest BCUT2D eigenvalue weighted by molar-refractivity contribution is -0.141. The Hall–Kier alpha value is -1.76. The third kappa shape index (κ3) is 2.35. The molecule has 2 heterocycles. The summed E-state index contributed by atoms with van der Waals surface area (Å²) < 4.78 is 5.11. The molecule has 0 bridgehead atoms. The van der Waals surface area contributed by atoms with Crippen molar-refractivity contribution in [3.8, 4) is 0 Å². The summed E-state index contributed by atoms with van der Waals surface area (Å²) in [4.78, 5) is 30.1. The van der Waals surface area contributed by atoms with Gasteiger partial charge in [0.05, 0.1) is 17.4 Å². The Morgan fingerprint density at radius 2 is 1.86 bits per heavy atom. The van der Waals surface area contributed by atoms with Gasteiger partial charge in [0.15, 0.2) is 5.82 Å². The van der Waals surface area contributed by atoms with Gasteiger partial charge in [-0.05, 0) is 32.6 Å². The van der Waals surface area contributed by atoms with E-state index in [2.05, 4.69) is 17.1 Å². The summed E-state index contributed by atoms with van der Waals surface area (Å²) in [5, 5.41) is 3.80. The van der Waals surface area contributed by atoms with Gasteiger partial charge in [0.1, 0.15) is 6.54 Å². The van der Waals surface area contributed by atoms with Crippen LogP contribution in [0.1, 0.15) is 45.3 Å². The standard InChI is InChI=1S/C14H20N4O3/c1-7-4-8-9(5-7)12(20)18(11(8)19)6-10-16-13(17-21-10)14(2,3)15/h7-9H,4-6,15H2,1-3H3. The SMILES string of the molecule is CC1CC2C(=O)N(Cc3nc(C(C)(C)N)no3)C(=O)C2C1. The molecule has 2 atom stereocenters. The normalized spacial score (nSPS) is 29.3. The van der Waals surface area contributed by atoms with Gasteiger partial charge in [0, 0.05) is 0 Å². The third-order valence-corrected chi connectivity index (χ3v) is 4.30. The Morgan fingerprint density at radius 3 is 2.33 bits per heavy atom. The average Bonchev–Trinajstić information content (AvgIpc) is 3.04. The lowest BCUT2D eigenvalue weighted by atomic mass is 10.00. The van der Waals surface area contributed by atoms with Gasteiger partial charge in [0.25, 0.3) is 0 Å². The third-order valence-electron chi connectivity index (χ3n) is 4.30. The van der Waals surface area contributed by atoms with E-state index >= 15 is 0 Å². The Bertz CT molecular complexity index is 565. The van der Waals surface area contributed by atoms with E-state index in [1.54, 1.807) is 13.8 Å². The molecule has 0 radical (unpaired) electrons. The quantitative estimate of drug-likeness (QED) is 0.826. The van der Waals surface area contributed by atoms with E-state index in [1.165, 1.54) is 4.90 Å². The maximum Gasteiger partial charge on any atom is 0.246 e. The van der Waals surface area contributed by atoms with E-state index in [-0.39, 0.29) is 36.1 Å². The Balaban J connectivity index is 1.76. The summed E-state index contributed by atoms with van der Waals surface area (Å²) in [6.07, 6.45) is 1.58. The molecule has 0 spiro atoms. The van der Waals surface area contributed by atoms with Crippen LogP contribution in [-0.4, -0.2) is 26.9 Å². The lowest BCUT2D eigenvalue weighted by Gasteiger charge is -2.14. The smallest absolute Gasteiger partial charge is 0.246 e. The van der Waals surface area contributed by atoms with E-state index in [4.69, 9.17) is 10.3 Å². The number of hydrogen-bond acceptors (Lipinski definition) is 6. The molecule has 114 valence electrons. The van der Waals surface area contributed by atoms with E-state index in [0.717, 1.165) is 12.8 Å². The number of amides is 2. The average molecular weight is 292 g/mol. The summed E-state index contributed by atoms with van der Waals surface area (Å²) in [7, 11) is 0. The van der Waals surface area contributed by atoms with Crippen molar-refractivity contribution in [2.75, 3.05) is 0 Å². The molecule has 1 saturated heterocycles. The van der Waals surface area contributed by atoms with Crippen LogP contribution in [0, 0.1) is 17.8 Å². The van der Waals surface area contributed by atoms with Crippen molar-refractivity contribution in [3.63, 3.8) is 0 Å². The van der Waals surface area contributed by atoms with Crippen LogP contribution in [0.3, 0.4) is 0 Å². The van der Waals surface area contributed by atoms with Crippen LogP contribution in [0.4, 0.5) is 0 Å². The van der Waals surface area contributed by atoms with Gasteiger partial charge in [-0.15, -0.1) is 0 Å². The molecule has 1 aliphatic heterocycles. The predicted octanol–water partition coefficient (Wildman–Crippen LogP) is 0.794. The van der Waals surface area contributed by atoms with Crippen molar-refractivity contribution in [3.05, 3.63) is 11.7 Å². The van der Waals surface area contributed by atoms with Gasteiger partial charge < -0.3 is 10.3 Å². The maximum atomic E-state index is 12.3. The van der Waals surface area contributed by atoms with Gasteiger partial charge in [-0.25, -0.2) is 0 Å². The number of nitrogens with zero attached hydrogens (tertiary/aromatic N) is 3. The van der Waals surface area contributed by atoms with E-state index in [9.17, 15) is 9.59 Å². The van der Waals surface area contributed by atoms with Crippen LogP contribution in [0.15, 0.2) is 4.52 Å². The highest BCUT2D eigenvalue weighted by molar-refractivity contribution is 6.05. The molecule has 1 aliphatic carbocycles. The highest BCUT2D eigenvalue weighted by atomic mass is 16.5. The number of fused-ring (bicyclic) bond motifs is 1. The Kier molecular flexibility index (Phi) is 3.12. The van der Waals surface area contributed by atoms with E-state index < -0.39 is 5.54 Å². The van der Waals surface area contributed by atoms with Crippen LogP contribution in [0.5, 0.6) is 0 Å². The van der Waals surface area contributed by atoms with Crippen LogP contribution in [0.25, 0.3) is 0 Å². The van der Waals surface area contributed by atoms with Gasteiger partial charge in [-0.1, -0.05) is 12.1 Å². The zero-order chi connectivity index (χ0) is 15.4. The number of likely N-dealkylation sites (tertiary alicyclic amines) is 1. The summed E-state index contributed by atoms with van der Waals surface area (Å²) in [5.41, 5.74) is 5.17. The van der Waals surface area contributed by atoms with Crippen LogP contribution < -0.4 is 5.73 Å². The van der Waals surface area contributed by atoms with E-state index in [0.29, 0.717) is 11.7 Å². The molecular weight excluding hydrogens is 272 g/mol. The molecule has 2 unspecified atom stereocenters. The number of carbonyl (C=O) groups is 2. The first kappa shape index (κ1) is 14.2. The second-order valence-electron chi connectivity index (χ2n) is 6.79. The van der Waals surface area contributed by atoms with Gasteiger partial charge in [0.2, 0.25) is 17.7 Å². The lowest BCUT2D eigenvalue weighted by Crippen LogP contribution is -2.32. The topological polar surface area (TPSA) is 102 Å². The molecule has 1 saturated carbocycles. The number of carbonyl (C=O) groups excluding carboxylic acids is 2. The Labute approximate surface area is 122 Å². The first-order valence-corrected chi connectivity index (χ1v) is 7.24. The van der Waals surface area contributed by atoms with Crippen molar-refractivity contribution in [1.82, 2.24) is 15.0 Å². The number of aromatic nitrogens is 2. The molecule has 0 aromatic carbocycles. The first-order valence-electron chi connectivity index (χ1n) is 7.24. The molecule has 7 nitrogen and oxygen atoms in total. The summed E-state index contributed by atoms with van der Waals surface area (Å²) in [6.45, 7) is 5.65. The molecule has 1 aromatic heterocycles. The second-order valence-corrected chi connectivity index (χ2v) is 6.79. The van der Waals surface area contributed by atoms with Crippen LogP contribution in [0.2, 0.25) is 0 Å². The number of hydrogen-bond donors (Lipinski definition) is 1. The fraction of sp³-hybridized carbons (Fsp3) is 0.714. The molecule has 2 N–H and O–H groups in total. The molecule has 2 aliphatic rings. The molecular formula is C14H20N4O3. The number of imide groups is 1. The largest absolute Gasteiger partial charge is 0.337 e. The van der Waals surface area contributed by atoms with Crippen molar-refractivity contribution < 1.29 is 14.1 Å². The molecule has 2 fully saturated rings. The van der Waals surface area contributed by atoms with Gasteiger partial charge >= 0.3 is 0 Å². The zero-order valence-electron chi connectivity index (χ0n) is 12.5. The van der Waals surface area contributed by atoms with Crippen molar-refractivity contribution >= 4 is 11.8 Å². The minimum Gasteiger partial charge on any atom is -0.337 e. The van der Waals surface area contributed by atoms with Crippen molar-refractivity contribution in [2.24, 2.45) is 23.5 Å². The van der Waals surface area contributed by atoms with Gasteiger partial charge in [-0.3, -0.25) is 14.5 Å². The fourth-order valence-corrected chi connectivity index (χ4v) is 3.22. The first-order chi connectivity index (χ1) is 9.77. The minimum absolute atomic E-state index is 0.0438. The number of nitrogens with two attached hydrogens (primary N) is 1. The summed E-state index contributed by atoms with van der Waals surface area (Å²) in [6, 6.07) is 0. The Morgan fingerprint density at radius 1 is 1.29 bits per heavy atom. The minimum atomic E-state index is -0.716. The summed E-state index contributed by atoms with van der Waals surface area (Å²) >= 11 is 0. The van der Waals surface area contributed by atoms with Crippen LogP contribution in [-0.2, 0) is 21.7 Å². The monoisotopic (exact) mass is 292 g/mol. The molecule has 1 aromatic rings. The fourth-order valence-electron chi connectivity index (χ4n) is 3.22. The highest BCUT2D eigenvalue weighted by Gasteiger charge is 2.51. The van der Waals surface area contributed by atoms with Crippen molar-refractivity contribution in [2.45, 2.75) is 45.7 Å². The molecule has 3 rings (SSSR count). The zero-order valence-corrected chi connectivity index (χ0v) is 12.5. The van der Waals surface area contributed by atoms with Crippen molar-refractivity contribution in [1.29, 1.82) is 0 Å².